The number of amides is 1. The van der Waals surface area contributed by atoms with Crippen molar-refractivity contribution in [3.8, 4) is 0 Å². The van der Waals surface area contributed by atoms with Gasteiger partial charge in [-0.15, -0.1) is 0 Å². The van der Waals surface area contributed by atoms with Crippen LogP contribution in [0.25, 0.3) is 0 Å². The third-order valence-electron chi connectivity index (χ3n) is 4.60. The van der Waals surface area contributed by atoms with Crippen LogP contribution in [0.2, 0.25) is 0 Å². The van der Waals surface area contributed by atoms with Gasteiger partial charge >= 0.3 is 0 Å². The average molecular weight is 340 g/mol. The lowest BCUT2D eigenvalue weighted by atomic mass is 9.84. The van der Waals surface area contributed by atoms with Gasteiger partial charge in [-0.25, -0.2) is 4.39 Å². The highest BCUT2D eigenvalue weighted by atomic mass is 19.1. The Labute approximate surface area is 146 Å². The van der Waals surface area contributed by atoms with E-state index in [1.54, 1.807) is 18.2 Å². The molecule has 2 aromatic rings. The van der Waals surface area contributed by atoms with Crippen molar-refractivity contribution in [2.24, 2.45) is 0 Å². The third kappa shape index (κ3) is 3.77. The summed E-state index contributed by atoms with van der Waals surface area (Å²) in [7, 11) is 0. The standard InChI is InChI=1S/C20H21FN2O2/c21-17-10-5-4-9-16(17)20(14-24,13-15-7-2-1-3-8-15)23-19(25)18-11-6-12-22-18/h1-5,7-10,14,18,22H,6,11-13H2,(H,23,25)/t18-,20-/m0/s1. The predicted molar refractivity (Wildman–Crippen MR) is 93.5 cm³/mol. The fraction of sp³-hybridized carbons (Fsp3) is 0.300. The average Bonchev–Trinajstić information content (AvgIpc) is 3.17. The van der Waals surface area contributed by atoms with Gasteiger partial charge in [0.1, 0.15) is 17.6 Å². The first-order chi connectivity index (χ1) is 12.1. The molecular weight excluding hydrogens is 319 g/mol. The van der Waals surface area contributed by atoms with Crippen molar-refractivity contribution in [3.05, 3.63) is 71.5 Å². The lowest BCUT2D eigenvalue weighted by Gasteiger charge is -2.31. The SMILES string of the molecule is O=C[C@](Cc1ccccc1)(NC(=O)[C@@H]1CCCN1)c1ccccc1F. The summed E-state index contributed by atoms with van der Waals surface area (Å²) in [5, 5.41) is 5.93. The summed E-state index contributed by atoms with van der Waals surface area (Å²) in [6.07, 6.45) is 2.45. The molecule has 0 unspecified atom stereocenters. The van der Waals surface area contributed by atoms with Crippen LogP contribution in [0.5, 0.6) is 0 Å². The van der Waals surface area contributed by atoms with Crippen LogP contribution in [0.3, 0.4) is 0 Å². The van der Waals surface area contributed by atoms with Crippen LogP contribution in [0.15, 0.2) is 54.6 Å². The van der Waals surface area contributed by atoms with Crippen molar-refractivity contribution in [3.63, 3.8) is 0 Å². The summed E-state index contributed by atoms with van der Waals surface area (Å²) in [4.78, 5) is 24.8. The Kier molecular flexibility index (Phi) is 5.24. The van der Waals surface area contributed by atoms with Crippen LogP contribution in [0.4, 0.5) is 4.39 Å². The molecule has 0 aliphatic carbocycles. The quantitative estimate of drug-likeness (QED) is 0.794. The second-order valence-corrected chi connectivity index (χ2v) is 6.37. The van der Waals surface area contributed by atoms with Gasteiger partial charge in [0.2, 0.25) is 5.91 Å². The molecule has 1 aliphatic rings. The van der Waals surface area contributed by atoms with E-state index in [-0.39, 0.29) is 23.9 Å². The van der Waals surface area contributed by atoms with Crippen LogP contribution in [0, 0.1) is 5.82 Å². The van der Waals surface area contributed by atoms with E-state index in [4.69, 9.17) is 0 Å². The number of carbonyl (C=O) groups is 2. The molecule has 0 saturated carbocycles. The molecule has 4 nitrogen and oxygen atoms in total. The maximum atomic E-state index is 14.5. The Morgan fingerprint density at radius 3 is 2.56 bits per heavy atom. The molecular formula is C20H21FN2O2. The van der Waals surface area contributed by atoms with E-state index in [0.717, 1.165) is 18.5 Å². The van der Waals surface area contributed by atoms with Crippen molar-refractivity contribution < 1.29 is 14.0 Å². The zero-order valence-electron chi connectivity index (χ0n) is 13.9. The Bertz CT molecular complexity index is 744. The van der Waals surface area contributed by atoms with Crippen molar-refractivity contribution in [1.82, 2.24) is 10.6 Å². The number of halogens is 1. The summed E-state index contributed by atoms with van der Waals surface area (Å²) < 4.78 is 14.5. The zero-order chi connectivity index (χ0) is 17.7. The minimum atomic E-state index is -1.44. The molecule has 3 rings (SSSR count). The molecule has 0 aromatic heterocycles. The molecule has 0 radical (unpaired) electrons. The Morgan fingerprint density at radius 1 is 1.20 bits per heavy atom. The first-order valence-electron chi connectivity index (χ1n) is 8.45. The number of rotatable bonds is 6. The van der Waals surface area contributed by atoms with E-state index in [9.17, 15) is 14.0 Å². The van der Waals surface area contributed by atoms with E-state index in [1.165, 1.54) is 6.07 Å². The minimum absolute atomic E-state index is 0.181. The number of aldehydes is 1. The first kappa shape index (κ1) is 17.3. The van der Waals surface area contributed by atoms with Crippen molar-refractivity contribution in [2.45, 2.75) is 30.8 Å². The second kappa shape index (κ2) is 7.57. The normalized spacial score (nSPS) is 19.2. The van der Waals surface area contributed by atoms with Gasteiger partial charge in [0.05, 0.1) is 6.04 Å². The predicted octanol–water partition coefficient (Wildman–Crippen LogP) is 2.33. The molecule has 1 heterocycles. The largest absolute Gasteiger partial charge is 0.338 e. The zero-order valence-corrected chi connectivity index (χ0v) is 13.9. The molecule has 2 N–H and O–H groups in total. The Hall–Kier alpha value is -2.53. The summed E-state index contributed by atoms with van der Waals surface area (Å²) in [6.45, 7) is 0.768. The van der Waals surface area contributed by atoms with Gasteiger partial charge in [-0.3, -0.25) is 4.79 Å². The van der Waals surface area contributed by atoms with Crippen LogP contribution < -0.4 is 10.6 Å². The maximum Gasteiger partial charge on any atom is 0.238 e. The van der Waals surface area contributed by atoms with E-state index in [0.29, 0.717) is 12.7 Å². The van der Waals surface area contributed by atoms with Crippen molar-refractivity contribution in [2.75, 3.05) is 6.54 Å². The molecule has 1 fully saturated rings. The van der Waals surface area contributed by atoms with E-state index < -0.39 is 11.4 Å². The molecule has 1 saturated heterocycles. The molecule has 5 heteroatoms. The highest BCUT2D eigenvalue weighted by Gasteiger charge is 2.38. The van der Waals surface area contributed by atoms with Gasteiger partial charge in [-0.1, -0.05) is 48.5 Å². The van der Waals surface area contributed by atoms with Crippen LogP contribution in [-0.2, 0) is 21.5 Å². The van der Waals surface area contributed by atoms with E-state index in [2.05, 4.69) is 10.6 Å². The molecule has 1 aliphatic heterocycles. The highest BCUT2D eigenvalue weighted by molar-refractivity contribution is 5.87. The van der Waals surface area contributed by atoms with Gasteiger partial charge in [-0.2, -0.15) is 0 Å². The second-order valence-electron chi connectivity index (χ2n) is 6.37. The molecule has 0 spiro atoms. The van der Waals surface area contributed by atoms with Gasteiger partial charge < -0.3 is 15.4 Å². The first-order valence-corrected chi connectivity index (χ1v) is 8.45. The number of nitrogens with one attached hydrogen (secondary N) is 2. The Balaban J connectivity index is 1.98. The summed E-state index contributed by atoms with van der Waals surface area (Å²) in [6, 6.07) is 15.0. The number of carbonyl (C=O) groups excluding carboxylic acids is 2. The minimum Gasteiger partial charge on any atom is -0.338 e. The van der Waals surface area contributed by atoms with Crippen LogP contribution in [-0.4, -0.2) is 24.8 Å². The van der Waals surface area contributed by atoms with Gasteiger partial charge in [0.25, 0.3) is 0 Å². The molecule has 25 heavy (non-hydrogen) atoms. The summed E-state index contributed by atoms with van der Waals surface area (Å²) in [5.74, 6) is -0.783. The summed E-state index contributed by atoms with van der Waals surface area (Å²) in [5.41, 5.74) is -0.411. The lowest BCUT2D eigenvalue weighted by Crippen LogP contribution is -2.54. The lowest BCUT2D eigenvalue weighted by molar-refractivity contribution is -0.128. The Morgan fingerprint density at radius 2 is 1.92 bits per heavy atom. The highest BCUT2D eigenvalue weighted by Crippen LogP contribution is 2.27. The number of benzene rings is 2. The summed E-state index contributed by atoms with van der Waals surface area (Å²) >= 11 is 0. The fourth-order valence-corrected chi connectivity index (χ4v) is 3.30. The van der Waals surface area contributed by atoms with Gasteiger partial charge in [-0.05, 0) is 31.0 Å². The van der Waals surface area contributed by atoms with Crippen molar-refractivity contribution in [1.29, 1.82) is 0 Å². The topological polar surface area (TPSA) is 58.2 Å². The smallest absolute Gasteiger partial charge is 0.238 e. The maximum absolute atomic E-state index is 14.5. The van der Waals surface area contributed by atoms with Crippen LogP contribution in [0.1, 0.15) is 24.0 Å². The van der Waals surface area contributed by atoms with Gasteiger partial charge in [0.15, 0.2) is 0 Å². The molecule has 0 bridgehead atoms. The van der Waals surface area contributed by atoms with Crippen LogP contribution >= 0.6 is 0 Å². The molecule has 2 aromatic carbocycles. The number of hydrogen-bond donors (Lipinski definition) is 2. The monoisotopic (exact) mass is 340 g/mol. The van der Waals surface area contributed by atoms with Crippen molar-refractivity contribution >= 4 is 12.2 Å². The van der Waals surface area contributed by atoms with Gasteiger partial charge in [0, 0.05) is 12.0 Å². The van der Waals surface area contributed by atoms with E-state index in [1.807, 2.05) is 30.3 Å². The molecule has 2 atom stereocenters. The number of hydrogen-bond acceptors (Lipinski definition) is 3. The third-order valence-corrected chi connectivity index (χ3v) is 4.60. The molecule has 1 amide bonds. The fourth-order valence-electron chi connectivity index (χ4n) is 3.30. The molecule has 130 valence electrons. The van der Waals surface area contributed by atoms with E-state index >= 15 is 0 Å².